The van der Waals surface area contributed by atoms with Crippen LogP contribution in [0.1, 0.15) is 26.7 Å². The van der Waals surface area contributed by atoms with Crippen LogP contribution in [-0.2, 0) is 0 Å². The van der Waals surface area contributed by atoms with Crippen LogP contribution in [0, 0.1) is 5.92 Å². The first-order valence-electron chi connectivity index (χ1n) is 3.42. The van der Waals surface area contributed by atoms with Gasteiger partial charge >= 0.3 is 0 Å². The lowest BCUT2D eigenvalue weighted by Gasteiger charge is -1.98. The Bertz CT molecular complexity index is 132. The molecule has 1 unspecified atom stereocenters. The molecule has 0 heterocycles. The van der Waals surface area contributed by atoms with E-state index in [4.69, 9.17) is 0 Å². The second kappa shape index (κ2) is 5.44. The molecule has 0 fully saturated rings. The van der Waals surface area contributed by atoms with E-state index in [-0.39, 0.29) is 0 Å². The molecule has 0 aromatic rings. The molecule has 1 atom stereocenters. The van der Waals surface area contributed by atoms with E-state index in [2.05, 4.69) is 31.9 Å². The van der Waals surface area contributed by atoms with Gasteiger partial charge in [-0.15, -0.1) is 0 Å². The topological polar surface area (TPSA) is 0 Å². The average molecular weight is 122 g/mol. The summed E-state index contributed by atoms with van der Waals surface area (Å²) in [6, 6.07) is 0. The molecule has 0 bridgehead atoms. The largest absolute Gasteiger partial charge is 0.0785 e. The lowest BCUT2D eigenvalue weighted by molar-refractivity contribution is 0.635. The molecule has 0 spiro atoms. The van der Waals surface area contributed by atoms with E-state index in [0.717, 1.165) is 0 Å². The number of allylic oxidation sites excluding steroid dienone is 1. The van der Waals surface area contributed by atoms with Gasteiger partial charge in [-0.3, -0.25) is 0 Å². The third-order valence-corrected chi connectivity index (χ3v) is 1.21. The smallest absolute Gasteiger partial charge is 0.0180 e. The molecule has 0 heteroatoms. The van der Waals surface area contributed by atoms with Gasteiger partial charge in [0.25, 0.3) is 0 Å². The van der Waals surface area contributed by atoms with E-state index in [1.807, 2.05) is 6.08 Å². The number of hydrogen-bond donors (Lipinski definition) is 0. The average Bonchev–Trinajstić information content (AvgIpc) is 1.85. The van der Waals surface area contributed by atoms with Gasteiger partial charge in [0.05, 0.1) is 0 Å². The summed E-state index contributed by atoms with van der Waals surface area (Å²) in [7, 11) is 0. The monoisotopic (exact) mass is 122 g/mol. The van der Waals surface area contributed by atoms with Crippen molar-refractivity contribution in [3.63, 3.8) is 0 Å². The predicted octanol–water partition coefficient (Wildman–Crippen LogP) is 2.92. The Kier molecular flexibility index (Phi) is 5.01. The molecule has 0 radical (unpaired) electrons. The fourth-order valence-electron chi connectivity index (χ4n) is 0.740. The van der Waals surface area contributed by atoms with Gasteiger partial charge in [-0.25, -0.2) is 0 Å². The minimum Gasteiger partial charge on any atom is -0.0785 e. The van der Waals surface area contributed by atoms with Crippen LogP contribution in [0.2, 0.25) is 0 Å². The van der Waals surface area contributed by atoms with Gasteiger partial charge in [0.2, 0.25) is 0 Å². The van der Waals surface area contributed by atoms with Gasteiger partial charge in [0.1, 0.15) is 0 Å². The van der Waals surface area contributed by atoms with E-state index in [9.17, 15) is 0 Å². The molecule has 0 amide bonds. The van der Waals surface area contributed by atoms with Gasteiger partial charge in [-0.05, 0) is 25.0 Å². The summed E-state index contributed by atoms with van der Waals surface area (Å²) in [6.45, 7) is 7.78. The Hall–Kier alpha value is -0.700. The summed E-state index contributed by atoms with van der Waals surface area (Å²) in [5, 5.41) is 0. The molecule has 0 aliphatic rings. The second-order valence-corrected chi connectivity index (χ2v) is 2.25. The molecule has 9 heavy (non-hydrogen) atoms. The number of rotatable bonds is 3. The van der Waals surface area contributed by atoms with Gasteiger partial charge < -0.3 is 0 Å². The van der Waals surface area contributed by atoms with Gasteiger partial charge in [-0.2, -0.15) is 0 Å². The highest BCUT2D eigenvalue weighted by Gasteiger charge is 1.90. The Morgan fingerprint density at radius 2 is 2.33 bits per heavy atom. The molecular formula is C9H14. The Morgan fingerprint density at radius 1 is 1.67 bits per heavy atom. The Balaban J connectivity index is 3.61. The van der Waals surface area contributed by atoms with Crippen LogP contribution in [0.25, 0.3) is 0 Å². The zero-order valence-corrected chi connectivity index (χ0v) is 6.28. The molecule has 0 saturated carbocycles. The zero-order valence-electron chi connectivity index (χ0n) is 6.28. The van der Waals surface area contributed by atoms with Crippen LogP contribution in [0.15, 0.2) is 24.1 Å². The van der Waals surface area contributed by atoms with Crippen LogP contribution in [0.4, 0.5) is 0 Å². The van der Waals surface area contributed by atoms with E-state index < -0.39 is 0 Å². The zero-order chi connectivity index (χ0) is 7.11. The first kappa shape index (κ1) is 8.30. The molecule has 0 aliphatic carbocycles. The highest BCUT2D eigenvalue weighted by molar-refractivity contribution is 4.84. The summed E-state index contributed by atoms with van der Waals surface area (Å²) >= 11 is 0. The Labute approximate surface area is 57.6 Å². The summed E-state index contributed by atoms with van der Waals surface area (Å²) in [5.74, 6) is 0.629. The third-order valence-electron chi connectivity index (χ3n) is 1.21. The second-order valence-electron chi connectivity index (χ2n) is 2.25. The fraction of sp³-hybridized carbons (Fsp3) is 0.556. The molecule has 0 saturated heterocycles. The lowest BCUT2D eigenvalue weighted by atomic mass is 10.1. The quantitative estimate of drug-likeness (QED) is 0.505. The molecule has 50 valence electrons. The van der Waals surface area contributed by atoms with Crippen molar-refractivity contribution in [2.45, 2.75) is 26.7 Å². The minimum absolute atomic E-state index is 0.629. The maximum Gasteiger partial charge on any atom is -0.0180 e. The summed E-state index contributed by atoms with van der Waals surface area (Å²) in [4.78, 5) is 0. The van der Waals surface area contributed by atoms with Crippen LogP contribution >= 0.6 is 0 Å². The van der Waals surface area contributed by atoms with Gasteiger partial charge in [-0.1, -0.05) is 31.7 Å². The van der Waals surface area contributed by atoms with E-state index in [0.29, 0.717) is 5.92 Å². The normalized spacial score (nSPS) is 11.3. The van der Waals surface area contributed by atoms with Crippen molar-refractivity contribution in [3.8, 4) is 0 Å². The van der Waals surface area contributed by atoms with Crippen molar-refractivity contribution in [1.82, 2.24) is 0 Å². The van der Waals surface area contributed by atoms with Crippen LogP contribution in [0.5, 0.6) is 0 Å². The van der Waals surface area contributed by atoms with Crippen molar-refractivity contribution in [1.29, 1.82) is 0 Å². The van der Waals surface area contributed by atoms with Crippen molar-refractivity contribution in [2.75, 3.05) is 0 Å². The van der Waals surface area contributed by atoms with Gasteiger partial charge in [0.15, 0.2) is 0 Å². The first-order chi connectivity index (χ1) is 4.31. The summed E-state index contributed by atoms with van der Waals surface area (Å²) < 4.78 is 0. The third kappa shape index (κ3) is 5.17. The molecular weight excluding hydrogens is 108 g/mol. The van der Waals surface area contributed by atoms with E-state index >= 15 is 0 Å². The van der Waals surface area contributed by atoms with Crippen LogP contribution in [0.3, 0.4) is 0 Å². The SMILES string of the molecule is C=C=C=CC(C)CCC. The fourth-order valence-corrected chi connectivity index (χ4v) is 0.740. The standard InChI is InChI=1S/C9H14/c1-4-6-8-9(3)7-5-2/h8-9H,1,5,7H2,2-3H3. The first-order valence-corrected chi connectivity index (χ1v) is 3.42. The summed E-state index contributed by atoms with van der Waals surface area (Å²) in [5.41, 5.74) is 5.45. The van der Waals surface area contributed by atoms with E-state index in [1.165, 1.54) is 12.8 Å². The van der Waals surface area contributed by atoms with Crippen molar-refractivity contribution < 1.29 is 0 Å². The van der Waals surface area contributed by atoms with Crippen LogP contribution in [-0.4, -0.2) is 0 Å². The Morgan fingerprint density at radius 3 is 2.78 bits per heavy atom. The van der Waals surface area contributed by atoms with E-state index in [1.54, 1.807) is 0 Å². The van der Waals surface area contributed by atoms with Crippen LogP contribution < -0.4 is 0 Å². The summed E-state index contributed by atoms with van der Waals surface area (Å²) in [6.07, 6.45) is 4.47. The molecule has 0 aromatic carbocycles. The minimum atomic E-state index is 0.629. The highest BCUT2D eigenvalue weighted by atomic mass is 14.0. The van der Waals surface area contributed by atoms with Crippen molar-refractivity contribution in [2.24, 2.45) is 5.92 Å². The highest BCUT2D eigenvalue weighted by Crippen LogP contribution is 2.04. The molecule has 0 aliphatic heterocycles. The molecule has 0 aromatic heterocycles. The molecule has 0 nitrogen and oxygen atoms in total. The molecule has 0 rings (SSSR count). The van der Waals surface area contributed by atoms with Crippen molar-refractivity contribution >= 4 is 0 Å². The van der Waals surface area contributed by atoms with Crippen molar-refractivity contribution in [3.05, 3.63) is 24.1 Å². The maximum atomic E-state index is 3.43. The maximum absolute atomic E-state index is 3.43. The van der Waals surface area contributed by atoms with Gasteiger partial charge in [0, 0.05) is 0 Å². The lowest BCUT2D eigenvalue weighted by Crippen LogP contribution is -1.85. The molecule has 0 N–H and O–H groups in total. The number of hydrogen-bond acceptors (Lipinski definition) is 0. The predicted molar refractivity (Wildman–Crippen MR) is 41.3 cm³/mol.